The molecular weight excluding hydrogens is 192 g/mol. The molecule has 3 nitrogen and oxygen atoms in total. The standard InChI is InChI=1S/C12H22O3/c1-8-4-9(2)6-11(5-8)15-10(3)7-12(13)14/h8-11H,4-7H2,1-3H3,(H,13,14)/t8?,9?,10-,11?/m1/s1. The van der Waals surface area contributed by atoms with Crippen LogP contribution in [0.2, 0.25) is 0 Å². The van der Waals surface area contributed by atoms with Crippen LogP contribution in [0.5, 0.6) is 0 Å². The lowest BCUT2D eigenvalue weighted by Gasteiger charge is -2.32. The first-order chi connectivity index (χ1) is 6.97. The summed E-state index contributed by atoms with van der Waals surface area (Å²) >= 11 is 0. The number of carboxylic acids is 1. The predicted molar refractivity (Wildman–Crippen MR) is 58.8 cm³/mol. The molecule has 88 valence electrons. The summed E-state index contributed by atoms with van der Waals surface area (Å²) in [5.74, 6) is 0.631. The maximum absolute atomic E-state index is 10.5. The Bertz CT molecular complexity index is 205. The number of carbonyl (C=O) groups is 1. The van der Waals surface area contributed by atoms with E-state index in [1.807, 2.05) is 6.92 Å². The maximum Gasteiger partial charge on any atom is 0.305 e. The van der Waals surface area contributed by atoms with Crippen LogP contribution in [-0.4, -0.2) is 23.3 Å². The van der Waals surface area contributed by atoms with Crippen LogP contribution in [-0.2, 0) is 9.53 Å². The summed E-state index contributed by atoms with van der Waals surface area (Å²) in [6, 6.07) is 0. The smallest absolute Gasteiger partial charge is 0.305 e. The predicted octanol–water partition coefficient (Wildman–Crippen LogP) is 2.69. The van der Waals surface area contributed by atoms with E-state index >= 15 is 0 Å². The van der Waals surface area contributed by atoms with Crippen molar-refractivity contribution in [2.75, 3.05) is 0 Å². The molecule has 0 aromatic heterocycles. The summed E-state index contributed by atoms with van der Waals surface area (Å²) in [6.45, 7) is 6.33. The summed E-state index contributed by atoms with van der Waals surface area (Å²) in [4.78, 5) is 10.5. The Kier molecular flexibility index (Phi) is 4.58. The number of aliphatic carboxylic acids is 1. The average Bonchev–Trinajstić information content (AvgIpc) is 1.98. The van der Waals surface area contributed by atoms with Crippen molar-refractivity contribution < 1.29 is 14.6 Å². The number of rotatable bonds is 4. The lowest BCUT2D eigenvalue weighted by molar-refractivity contribution is -0.141. The first-order valence-corrected chi connectivity index (χ1v) is 5.84. The van der Waals surface area contributed by atoms with Crippen LogP contribution >= 0.6 is 0 Å². The van der Waals surface area contributed by atoms with Crippen LogP contribution in [0.4, 0.5) is 0 Å². The van der Waals surface area contributed by atoms with Crippen LogP contribution in [0.1, 0.15) is 46.5 Å². The summed E-state index contributed by atoms with van der Waals surface area (Å²) in [6.07, 6.45) is 3.64. The molecule has 0 spiro atoms. The van der Waals surface area contributed by atoms with E-state index in [1.54, 1.807) is 0 Å². The third-order valence-corrected chi connectivity index (χ3v) is 3.02. The Labute approximate surface area is 91.8 Å². The fourth-order valence-electron chi connectivity index (χ4n) is 2.61. The first-order valence-electron chi connectivity index (χ1n) is 5.84. The third kappa shape index (κ3) is 4.65. The molecule has 15 heavy (non-hydrogen) atoms. The van der Waals surface area contributed by atoms with Gasteiger partial charge < -0.3 is 9.84 Å². The van der Waals surface area contributed by atoms with Crippen molar-refractivity contribution in [1.29, 1.82) is 0 Å². The summed E-state index contributed by atoms with van der Waals surface area (Å²) < 4.78 is 5.76. The molecular formula is C12H22O3. The summed E-state index contributed by atoms with van der Waals surface area (Å²) in [5.41, 5.74) is 0. The molecule has 0 aromatic rings. The van der Waals surface area contributed by atoms with E-state index in [0.29, 0.717) is 11.8 Å². The molecule has 2 unspecified atom stereocenters. The highest BCUT2D eigenvalue weighted by Crippen LogP contribution is 2.31. The molecule has 3 atom stereocenters. The SMILES string of the molecule is CC1CC(C)CC(O[C@H](C)CC(=O)O)C1. The minimum atomic E-state index is -0.778. The van der Waals surface area contributed by atoms with E-state index in [4.69, 9.17) is 9.84 Å². The van der Waals surface area contributed by atoms with Gasteiger partial charge in [0, 0.05) is 0 Å². The van der Waals surface area contributed by atoms with E-state index in [9.17, 15) is 4.79 Å². The van der Waals surface area contributed by atoms with E-state index in [0.717, 1.165) is 12.8 Å². The second-order valence-corrected chi connectivity index (χ2v) is 5.08. The van der Waals surface area contributed by atoms with Gasteiger partial charge in [-0.15, -0.1) is 0 Å². The van der Waals surface area contributed by atoms with Gasteiger partial charge in [0.25, 0.3) is 0 Å². The van der Waals surface area contributed by atoms with Crippen LogP contribution < -0.4 is 0 Å². The van der Waals surface area contributed by atoms with Crippen LogP contribution in [0.25, 0.3) is 0 Å². The highest BCUT2D eigenvalue weighted by molar-refractivity contribution is 5.67. The second kappa shape index (κ2) is 5.50. The molecule has 0 saturated heterocycles. The van der Waals surface area contributed by atoms with Crippen molar-refractivity contribution >= 4 is 5.97 Å². The van der Waals surface area contributed by atoms with Gasteiger partial charge >= 0.3 is 5.97 Å². The first kappa shape index (κ1) is 12.5. The fourth-order valence-corrected chi connectivity index (χ4v) is 2.61. The molecule has 1 N–H and O–H groups in total. The zero-order valence-corrected chi connectivity index (χ0v) is 9.90. The number of carboxylic acid groups (broad SMARTS) is 1. The van der Waals surface area contributed by atoms with Crippen molar-refractivity contribution in [2.45, 2.75) is 58.7 Å². The quantitative estimate of drug-likeness (QED) is 0.782. The number of ether oxygens (including phenoxy) is 1. The van der Waals surface area contributed by atoms with Gasteiger partial charge in [-0.1, -0.05) is 13.8 Å². The van der Waals surface area contributed by atoms with E-state index in [1.165, 1.54) is 6.42 Å². The van der Waals surface area contributed by atoms with Crippen molar-refractivity contribution in [3.8, 4) is 0 Å². The molecule has 1 aliphatic carbocycles. The van der Waals surface area contributed by atoms with Crippen LogP contribution in [0, 0.1) is 11.8 Å². The van der Waals surface area contributed by atoms with Gasteiger partial charge in [0.1, 0.15) is 0 Å². The monoisotopic (exact) mass is 214 g/mol. The number of hydrogen-bond donors (Lipinski definition) is 1. The molecule has 1 rings (SSSR count). The molecule has 0 bridgehead atoms. The van der Waals surface area contributed by atoms with E-state index in [-0.39, 0.29) is 18.6 Å². The van der Waals surface area contributed by atoms with Crippen LogP contribution in [0.15, 0.2) is 0 Å². The Morgan fingerprint density at radius 2 is 1.87 bits per heavy atom. The number of hydrogen-bond acceptors (Lipinski definition) is 2. The van der Waals surface area contributed by atoms with Gasteiger partial charge in [0.05, 0.1) is 18.6 Å². The third-order valence-electron chi connectivity index (χ3n) is 3.02. The van der Waals surface area contributed by atoms with Crippen molar-refractivity contribution in [3.05, 3.63) is 0 Å². The molecule has 0 amide bonds. The molecule has 1 fully saturated rings. The maximum atomic E-state index is 10.5. The summed E-state index contributed by atoms with van der Waals surface area (Å²) in [5, 5.41) is 8.64. The van der Waals surface area contributed by atoms with Gasteiger partial charge in [-0.25, -0.2) is 0 Å². The van der Waals surface area contributed by atoms with Crippen LogP contribution in [0.3, 0.4) is 0 Å². The van der Waals surface area contributed by atoms with E-state index < -0.39 is 5.97 Å². The minimum Gasteiger partial charge on any atom is -0.481 e. The highest BCUT2D eigenvalue weighted by Gasteiger charge is 2.26. The normalized spacial score (nSPS) is 33.7. The van der Waals surface area contributed by atoms with Gasteiger partial charge in [-0.3, -0.25) is 4.79 Å². The van der Waals surface area contributed by atoms with E-state index in [2.05, 4.69) is 13.8 Å². The largest absolute Gasteiger partial charge is 0.481 e. The zero-order chi connectivity index (χ0) is 11.4. The van der Waals surface area contributed by atoms with Crippen molar-refractivity contribution in [1.82, 2.24) is 0 Å². The lowest BCUT2D eigenvalue weighted by atomic mass is 9.82. The van der Waals surface area contributed by atoms with Gasteiger partial charge in [0.15, 0.2) is 0 Å². The molecule has 0 heterocycles. The topological polar surface area (TPSA) is 46.5 Å². The minimum absolute atomic E-state index is 0.110. The average molecular weight is 214 g/mol. The highest BCUT2D eigenvalue weighted by atomic mass is 16.5. The Morgan fingerprint density at radius 1 is 1.33 bits per heavy atom. The molecule has 3 heteroatoms. The Balaban J connectivity index is 2.33. The van der Waals surface area contributed by atoms with Crippen molar-refractivity contribution in [3.63, 3.8) is 0 Å². The van der Waals surface area contributed by atoms with Crippen molar-refractivity contribution in [2.24, 2.45) is 11.8 Å². The van der Waals surface area contributed by atoms with Gasteiger partial charge in [-0.05, 0) is 38.0 Å². The molecule has 1 aliphatic rings. The molecule has 0 aromatic carbocycles. The second-order valence-electron chi connectivity index (χ2n) is 5.08. The lowest BCUT2D eigenvalue weighted by Crippen LogP contribution is -2.30. The molecule has 0 radical (unpaired) electrons. The molecule has 0 aliphatic heterocycles. The fraction of sp³-hybridized carbons (Fsp3) is 0.917. The molecule has 1 saturated carbocycles. The Morgan fingerprint density at radius 3 is 2.33 bits per heavy atom. The Hall–Kier alpha value is -0.570. The zero-order valence-electron chi connectivity index (χ0n) is 9.90. The van der Waals surface area contributed by atoms with Gasteiger partial charge in [-0.2, -0.15) is 0 Å². The van der Waals surface area contributed by atoms with Gasteiger partial charge in [0.2, 0.25) is 0 Å². The summed E-state index contributed by atoms with van der Waals surface area (Å²) in [7, 11) is 0.